The molecule has 0 aliphatic rings. The van der Waals surface area contributed by atoms with Gasteiger partial charge in [-0.2, -0.15) is 0 Å². The number of phenolic OH excluding ortho intramolecular Hbond substituents is 1. The molecule has 0 radical (unpaired) electrons. The van der Waals surface area contributed by atoms with E-state index in [2.05, 4.69) is 0 Å². The number of hydrogen-bond donors (Lipinski definition) is 2. The fraction of sp³-hybridized carbons (Fsp3) is 0. The third kappa shape index (κ3) is 2.37. The Hall–Kier alpha value is -0.780. The maximum atomic E-state index is 10.1. The van der Waals surface area contributed by atoms with Gasteiger partial charge in [0.05, 0.1) is 10.6 Å². The Balaban J connectivity index is 0.00000121. The van der Waals surface area contributed by atoms with Crippen LogP contribution in [-0.4, -0.2) is 39.6 Å². The van der Waals surface area contributed by atoms with Crippen LogP contribution in [0.4, 0.5) is 11.4 Å². The molecule has 6 heteroatoms. The molecule has 0 unspecified atom stereocenters. The number of nitrogen functional groups attached to an aromatic ring is 1. The third-order valence-electron chi connectivity index (χ3n) is 1.22. The number of nitrogens with two attached hydrogens (primary N) is 1. The minimum absolute atomic E-state index is 0. The number of non-ortho nitro benzene ring substituents is 1. The van der Waals surface area contributed by atoms with E-state index >= 15 is 0 Å². The first kappa shape index (κ1) is 11.2. The summed E-state index contributed by atoms with van der Waals surface area (Å²) in [4.78, 5) is 9.56. The van der Waals surface area contributed by atoms with Crippen molar-refractivity contribution in [2.24, 2.45) is 0 Å². The number of nitro groups is 1. The molecule has 1 aromatic rings. The Kier molecular flexibility index (Phi) is 4.02. The zero-order valence-corrected chi connectivity index (χ0v) is 5.52. The second-order valence-corrected chi connectivity index (χ2v) is 2.00. The Labute approximate surface area is 90.6 Å². The van der Waals surface area contributed by atoms with Gasteiger partial charge in [0.15, 0.2) is 0 Å². The van der Waals surface area contributed by atoms with Crippen molar-refractivity contribution in [1.29, 1.82) is 0 Å². The summed E-state index contributed by atoms with van der Waals surface area (Å²) in [7, 11) is 0. The molecule has 0 atom stereocenters. The Morgan fingerprint density at radius 2 is 2.08 bits per heavy atom. The molecule has 0 heterocycles. The minimum atomic E-state index is -0.574. The van der Waals surface area contributed by atoms with Crippen LogP contribution < -0.4 is 5.73 Å². The standard InChI is InChI=1S/C6H6N2O3.Na.H/c7-5-3-4(8(10)11)1-2-6(5)9;;/h1-3,9H,7H2;;. The van der Waals surface area contributed by atoms with Crippen LogP contribution in [0.2, 0.25) is 0 Å². The van der Waals surface area contributed by atoms with Gasteiger partial charge < -0.3 is 10.8 Å². The Morgan fingerprint density at radius 3 is 2.50 bits per heavy atom. The molecule has 0 amide bonds. The van der Waals surface area contributed by atoms with Crippen molar-refractivity contribution in [3.8, 4) is 5.75 Å². The number of hydrogen-bond acceptors (Lipinski definition) is 4. The van der Waals surface area contributed by atoms with Crippen molar-refractivity contribution in [2.75, 3.05) is 5.73 Å². The third-order valence-corrected chi connectivity index (χ3v) is 1.22. The fourth-order valence-electron chi connectivity index (χ4n) is 0.655. The van der Waals surface area contributed by atoms with Crippen LogP contribution in [0.3, 0.4) is 0 Å². The number of nitrogens with zero attached hydrogens (tertiary/aromatic N) is 1. The van der Waals surface area contributed by atoms with Crippen molar-refractivity contribution in [2.45, 2.75) is 0 Å². The van der Waals surface area contributed by atoms with Crippen LogP contribution in [0.15, 0.2) is 18.2 Å². The van der Waals surface area contributed by atoms with Crippen LogP contribution in [0.5, 0.6) is 5.75 Å². The summed E-state index contributed by atoms with van der Waals surface area (Å²) >= 11 is 0. The van der Waals surface area contributed by atoms with Gasteiger partial charge in [-0.15, -0.1) is 0 Å². The van der Waals surface area contributed by atoms with Crippen LogP contribution in [0, 0.1) is 10.1 Å². The number of aromatic hydroxyl groups is 1. The van der Waals surface area contributed by atoms with Gasteiger partial charge in [-0.25, -0.2) is 0 Å². The molecule has 1 rings (SSSR count). The first-order valence-corrected chi connectivity index (χ1v) is 2.84. The van der Waals surface area contributed by atoms with Gasteiger partial charge in [0, 0.05) is 12.1 Å². The Bertz CT molecular complexity index is 303. The summed E-state index contributed by atoms with van der Waals surface area (Å²) in [6, 6.07) is 3.48. The van der Waals surface area contributed by atoms with Crippen molar-refractivity contribution < 1.29 is 10.0 Å². The maximum absolute atomic E-state index is 10.1. The number of benzene rings is 1. The summed E-state index contributed by atoms with van der Waals surface area (Å²) in [5, 5.41) is 19.0. The van der Waals surface area contributed by atoms with E-state index < -0.39 is 4.92 Å². The van der Waals surface area contributed by atoms with Crippen LogP contribution >= 0.6 is 0 Å². The summed E-state index contributed by atoms with van der Waals surface area (Å²) in [6.45, 7) is 0. The monoisotopic (exact) mass is 178 g/mol. The topological polar surface area (TPSA) is 89.4 Å². The molecule has 0 spiro atoms. The predicted molar refractivity (Wildman–Crippen MR) is 46.3 cm³/mol. The molecule has 0 aliphatic heterocycles. The van der Waals surface area contributed by atoms with E-state index in [4.69, 9.17) is 10.8 Å². The molecule has 5 nitrogen and oxygen atoms in total. The molecule has 0 aliphatic carbocycles. The molecule has 1 aromatic carbocycles. The molecule has 0 bridgehead atoms. The van der Waals surface area contributed by atoms with E-state index in [1.807, 2.05) is 0 Å². The number of anilines is 1. The van der Waals surface area contributed by atoms with Gasteiger partial charge in [0.25, 0.3) is 5.69 Å². The van der Waals surface area contributed by atoms with Gasteiger partial charge >= 0.3 is 29.6 Å². The van der Waals surface area contributed by atoms with Gasteiger partial charge in [0.1, 0.15) is 5.75 Å². The van der Waals surface area contributed by atoms with Gasteiger partial charge in [-0.05, 0) is 6.07 Å². The van der Waals surface area contributed by atoms with E-state index in [-0.39, 0.29) is 46.7 Å². The second kappa shape index (κ2) is 4.30. The zero-order chi connectivity index (χ0) is 8.43. The Morgan fingerprint density at radius 1 is 1.50 bits per heavy atom. The van der Waals surface area contributed by atoms with Crippen LogP contribution in [-0.2, 0) is 0 Å². The molecule has 0 aromatic heterocycles. The zero-order valence-electron chi connectivity index (χ0n) is 5.52. The average molecular weight is 178 g/mol. The number of nitro benzene ring substituents is 1. The van der Waals surface area contributed by atoms with E-state index in [0.29, 0.717) is 0 Å². The SMILES string of the molecule is Nc1cc([N+](=O)[O-])ccc1O.[NaH]. The molecule has 0 fully saturated rings. The van der Waals surface area contributed by atoms with Crippen molar-refractivity contribution in [1.82, 2.24) is 0 Å². The summed E-state index contributed by atoms with van der Waals surface area (Å²) < 4.78 is 0. The molecule has 12 heavy (non-hydrogen) atoms. The molecular formula is C6H7N2NaO3. The van der Waals surface area contributed by atoms with Crippen LogP contribution in [0.1, 0.15) is 0 Å². The normalized spacial score (nSPS) is 8.67. The molecule has 60 valence electrons. The summed E-state index contributed by atoms with van der Waals surface area (Å²) in [5.74, 6) is -0.143. The first-order chi connectivity index (χ1) is 5.11. The molecular weight excluding hydrogens is 171 g/mol. The number of rotatable bonds is 1. The average Bonchev–Trinajstić information content (AvgIpc) is 1.94. The van der Waals surface area contributed by atoms with Gasteiger partial charge in [-0.3, -0.25) is 10.1 Å². The van der Waals surface area contributed by atoms with Gasteiger partial charge in [0.2, 0.25) is 0 Å². The second-order valence-electron chi connectivity index (χ2n) is 2.00. The summed E-state index contributed by atoms with van der Waals surface area (Å²) in [5.41, 5.74) is 5.09. The van der Waals surface area contributed by atoms with E-state index in [0.717, 1.165) is 6.07 Å². The van der Waals surface area contributed by atoms with E-state index in [1.54, 1.807) is 0 Å². The van der Waals surface area contributed by atoms with Crippen molar-refractivity contribution in [3.63, 3.8) is 0 Å². The molecule has 3 N–H and O–H groups in total. The van der Waals surface area contributed by atoms with Gasteiger partial charge in [-0.1, -0.05) is 0 Å². The quantitative estimate of drug-likeness (QED) is 0.212. The number of phenols is 1. The first-order valence-electron chi connectivity index (χ1n) is 2.84. The predicted octanol–water partition coefficient (Wildman–Crippen LogP) is 0.234. The van der Waals surface area contributed by atoms with E-state index in [9.17, 15) is 10.1 Å². The van der Waals surface area contributed by atoms with Crippen LogP contribution in [0.25, 0.3) is 0 Å². The van der Waals surface area contributed by atoms with E-state index in [1.165, 1.54) is 12.1 Å². The van der Waals surface area contributed by atoms with Crippen molar-refractivity contribution in [3.05, 3.63) is 28.3 Å². The summed E-state index contributed by atoms with van der Waals surface area (Å²) in [6.07, 6.45) is 0. The molecule has 0 saturated heterocycles. The van der Waals surface area contributed by atoms with Crippen molar-refractivity contribution >= 4 is 40.9 Å². The molecule has 0 saturated carbocycles. The fourth-order valence-corrected chi connectivity index (χ4v) is 0.655.